The molecule has 0 amide bonds. The quantitative estimate of drug-likeness (QED) is 0.750. The monoisotopic (exact) mass is 326 g/mol. The van der Waals surface area contributed by atoms with E-state index in [1.165, 1.54) is 0 Å². The zero-order valence-electron chi connectivity index (χ0n) is 14.6. The third kappa shape index (κ3) is 2.78. The van der Waals surface area contributed by atoms with Crippen LogP contribution in [0.2, 0.25) is 0 Å². The highest BCUT2D eigenvalue weighted by molar-refractivity contribution is 5.87. The molecule has 0 bridgehead atoms. The number of aryl methyl sites for hydroxylation is 1. The van der Waals surface area contributed by atoms with Crippen LogP contribution in [-0.2, 0) is 0 Å². The Morgan fingerprint density at radius 2 is 2.00 bits per heavy atom. The molecule has 1 atom stereocenters. The summed E-state index contributed by atoms with van der Waals surface area (Å²) in [6, 6.07) is 6.12. The van der Waals surface area contributed by atoms with E-state index in [2.05, 4.69) is 32.9 Å². The first-order valence-corrected chi connectivity index (χ1v) is 7.84. The molecule has 24 heavy (non-hydrogen) atoms. The van der Waals surface area contributed by atoms with Crippen molar-refractivity contribution >= 4 is 16.7 Å². The lowest BCUT2D eigenvalue weighted by Crippen LogP contribution is -2.12. The minimum atomic E-state index is 0.126. The molecular formula is C17H22N6O. The fraction of sp³-hybridized carbons (Fsp3) is 0.353. The molecule has 2 aromatic heterocycles. The molecule has 0 aliphatic rings. The van der Waals surface area contributed by atoms with Gasteiger partial charge in [0.2, 0.25) is 0 Å². The highest BCUT2D eigenvalue weighted by Gasteiger charge is 2.14. The van der Waals surface area contributed by atoms with Crippen molar-refractivity contribution in [1.29, 1.82) is 0 Å². The summed E-state index contributed by atoms with van der Waals surface area (Å²) in [5, 5.41) is 15.8. The lowest BCUT2D eigenvalue weighted by Gasteiger charge is -2.12. The molecule has 0 saturated heterocycles. The average molecular weight is 326 g/mol. The normalized spacial score (nSPS) is 12.4. The summed E-state index contributed by atoms with van der Waals surface area (Å²) in [6.45, 7) is 4.10. The molecule has 0 spiro atoms. The molecule has 2 heterocycles. The van der Waals surface area contributed by atoms with Crippen molar-refractivity contribution in [3.05, 3.63) is 35.7 Å². The van der Waals surface area contributed by atoms with Crippen molar-refractivity contribution < 1.29 is 4.74 Å². The van der Waals surface area contributed by atoms with Crippen molar-refractivity contribution in [2.24, 2.45) is 0 Å². The van der Waals surface area contributed by atoms with Crippen LogP contribution in [0.25, 0.3) is 16.6 Å². The van der Waals surface area contributed by atoms with Crippen molar-refractivity contribution in [1.82, 2.24) is 25.3 Å². The van der Waals surface area contributed by atoms with E-state index < -0.39 is 0 Å². The Labute approximate surface area is 141 Å². The first-order valence-electron chi connectivity index (χ1n) is 7.84. The van der Waals surface area contributed by atoms with Crippen LogP contribution in [0, 0.1) is 6.92 Å². The largest absolute Gasteiger partial charge is 0.494 e. The van der Waals surface area contributed by atoms with Crippen LogP contribution in [0.3, 0.4) is 0 Å². The van der Waals surface area contributed by atoms with Gasteiger partial charge < -0.3 is 15.4 Å². The highest BCUT2D eigenvalue weighted by Crippen LogP contribution is 2.31. The number of pyridine rings is 1. The molecule has 1 aromatic carbocycles. The van der Waals surface area contributed by atoms with Gasteiger partial charge in [-0.2, -0.15) is 0 Å². The third-order valence-corrected chi connectivity index (χ3v) is 4.21. The molecule has 7 nitrogen and oxygen atoms in total. The van der Waals surface area contributed by atoms with Gasteiger partial charge in [0.1, 0.15) is 17.3 Å². The Morgan fingerprint density at radius 3 is 2.67 bits per heavy atom. The van der Waals surface area contributed by atoms with E-state index in [0.717, 1.165) is 39.4 Å². The first-order chi connectivity index (χ1) is 11.6. The molecule has 3 aromatic rings. The number of methoxy groups -OCH3 is 1. The second kappa shape index (κ2) is 6.45. The van der Waals surface area contributed by atoms with Crippen molar-refractivity contribution in [2.45, 2.75) is 19.9 Å². The molecule has 7 heteroatoms. The third-order valence-electron chi connectivity index (χ3n) is 4.21. The van der Waals surface area contributed by atoms with Crippen LogP contribution in [0.1, 0.15) is 24.2 Å². The number of hydrogen-bond donors (Lipinski definition) is 2. The summed E-state index contributed by atoms with van der Waals surface area (Å²) in [5.41, 5.74) is 3.70. The van der Waals surface area contributed by atoms with Gasteiger partial charge in [0, 0.05) is 18.5 Å². The molecule has 0 saturated carbocycles. The van der Waals surface area contributed by atoms with Gasteiger partial charge in [0.15, 0.2) is 0 Å². The maximum atomic E-state index is 5.57. The van der Waals surface area contributed by atoms with Gasteiger partial charge in [0.05, 0.1) is 24.5 Å². The van der Waals surface area contributed by atoms with Crippen LogP contribution in [0.5, 0.6) is 5.75 Å². The molecule has 1 unspecified atom stereocenters. The lowest BCUT2D eigenvalue weighted by molar-refractivity contribution is 0.412. The SMILES string of the molecule is CNc1cc(C)c2cc(OC)c(-n3cc(C(C)NC)nn3)cc2n1. The van der Waals surface area contributed by atoms with Crippen LogP contribution in [-0.4, -0.2) is 41.2 Å². The number of hydrogen-bond acceptors (Lipinski definition) is 6. The zero-order valence-corrected chi connectivity index (χ0v) is 14.6. The second-order valence-corrected chi connectivity index (χ2v) is 5.71. The van der Waals surface area contributed by atoms with Gasteiger partial charge in [-0.15, -0.1) is 5.10 Å². The van der Waals surface area contributed by atoms with E-state index in [-0.39, 0.29) is 6.04 Å². The number of anilines is 1. The average Bonchev–Trinajstić information content (AvgIpc) is 3.09. The smallest absolute Gasteiger partial charge is 0.145 e. The fourth-order valence-corrected chi connectivity index (χ4v) is 2.62. The van der Waals surface area contributed by atoms with Gasteiger partial charge in [-0.1, -0.05) is 5.21 Å². The molecule has 0 fully saturated rings. The Hall–Kier alpha value is -2.67. The first kappa shape index (κ1) is 16.2. The molecule has 0 aliphatic heterocycles. The van der Waals surface area contributed by atoms with Crippen molar-refractivity contribution in [2.75, 3.05) is 26.5 Å². The molecule has 0 aliphatic carbocycles. The molecule has 0 radical (unpaired) electrons. The number of fused-ring (bicyclic) bond motifs is 1. The van der Waals surface area contributed by atoms with E-state index in [1.807, 2.05) is 45.4 Å². The number of nitrogens with one attached hydrogen (secondary N) is 2. The molecule has 2 N–H and O–H groups in total. The summed E-state index contributed by atoms with van der Waals surface area (Å²) in [4.78, 5) is 4.63. The van der Waals surface area contributed by atoms with Crippen LogP contribution >= 0.6 is 0 Å². The predicted octanol–water partition coefficient (Wildman–Crippen LogP) is 2.45. The van der Waals surface area contributed by atoms with Gasteiger partial charge >= 0.3 is 0 Å². The molecule has 126 valence electrons. The number of ether oxygens (including phenoxy) is 1. The number of benzene rings is 1. The standard InChI is InChI=1S/C17H22N6O/c1-10-6-17(19-4)20-13-8-15(16(24-5)7-12(10)13)23-9-14(21-22-23)11(2)18-3/h6-9,11,18H,1-5H3,(H,19,20). The van der Waals surface area contributed by atoms with E-state index in [0.29, 0.717) is 0 Å². The van der Waals surface area contributed by atoms with E-state index >= 15 is 0 Å². The van der Waals surface area contributed by atoms with Crippen molar-refractivity contribution in [3.8, 4) is 11.4 Å². The number of nitrogens with zero attached hydrogens (tertiary/aromatic N) is 4. The van der Waals surface area contributed by atoms with Crippen molar-refractivity contribution in [3.63, 3.8) is 0 Å². The van der Waals surface area contributed by atoms with Gasteiger partial charge in [-0.25, -0.2) is 9.67 Å². The summed E-state index contributed by atoms with van der Waals surface area (Å²) in [7, 11) is 5.41. The predicted molar refractivity (Wildman–Crippen MR) is 95.0 cm³/mol. The minimum Gasteiger partial charge on any atom is -0.494 e. The van der Waals surface area contributed by atoms with Crippen LogP contribution < -0.4 is 15.4 Å². The Bertz CT molecular complexity index is 873. The van der Waals surface area contributed by atoms with Gasteiger partial charge in [-0.3, -0.25) is 0 Å². The maximum Gasteiger partial charge on any atom is 0.145 e. The fourth-order valence-electron chi connectivity index (χ4n) is 2.62. The molecule has 3 rings (SSSR count). The maximum absolute atomic E-state index is 5.57. The van der Waals surface area contributed by atoms with E-state index in [4.69, 9.17) is 4.74 Å². The van der Waals surface area contributed by atoms with E-state index in [1.54, 1.807) is 11.8 Å². The Morgan fingerprint density at radius 1 is 1.21 bits per heavy atom. The number of rotatable bonds is 5. The van der Waals surface area contributed by atoms with Gasteiger partial charge in [0.25, 0.3) is 0 Å². The number of aromatic nitrogens is 4. The summed E-state index contributed by atoms with van der Waals surface area (Å²) >= 11 is 0. The Kier molecular flexibility index (Phi) is 4.35. The topological polar surface area (TPSA) is 76.9 Å². The summed E-state index contributed by atoms with van der Waals surface area (Å²) in [5.74, 6) is 1.57. The van der Waals surface area contributed by atoms with Crippen LogP contribution in [0.4, 0.5) is 5.82 Å². The lowest BCUT2D eigenvalue weighted by atomic mass is 10.1. The zero-order chi connectivity index (χ0) is 17.3. The second-order valence-electron chi connectivity index (χ2n) is 5.71. The minimum absolute atomic E-state index is 0.126. The van der Waals surface area contributed by atoms with E-state index in [9.17, 15) is 0 Å². The van der Waals surface area contributed by atoms with Crippen LogP contribution in [0.15, 0.2) is 24.4 Å². The summed E-state index contributed by atoms with van der Waals surface area (Å²) < 4.78 is 7.29. The summed E-state index contributed by atoms with van der Waals surface area (Å²) in [6.07, 6.45) is 1.90. The Balaban J connectivity index is 2.17. The molecular weight excluding hydrogens is 304 g/mol. The highest BCUT2D eigenvalue weighted by atomic mass is 16.5. The van der Waals surface area contributed by atoms with Gasteiger partial charge in [-0.05, 0) is 44.7 Å².